The van der Waals surface area contributed by atoms with E-state index in [0.29, 0.717) is 11.0 Å². The molecule has 2 rings (SSSR count). The van der Waals surface area contributed by atoms with Crippen molar-refractivity contribution in [2.75, 3.05) is 18.0 Å². The van der Waals surface area contributed by atoms with E-state index in [1.54, 1.807) is 19.1 Å². The zero-order valence-electron chi connectivity index (χ0n) is 12.6. The number of piperidine rings is 1. The van der Waals surface area contributed by atoms with Crippen molar-refractivity contribution in [3.8, 4) is 6.07 Å². The van der Waals surface area contributed by atoms with Crippen LogP contribution in [0.5, 0.6) is 0 Å². The lowest BCUT2D eigenvalue weighted by Gasteiger charge is -2.40. The summed E-state index contributed by atoms with van der Waals surface area (Å²) < 4.78 is 0. The number of Topliss-reactive ketones (excluding diaryl/α,β-unsaturated/α-hetero) is 1. The molecule has 1 aromatic carbocycles. The lowest BCUT2D eigenvalue weighted by Crippen LogP contribution is -2.39. The molecule has 3 heteroatoms. The second-order valence-electron chi connectivity index (χ2n) is 6.05. The van der Waals surface area contributed by atoms with E-state index in [9.17, 15) is 4.79 Å². The predicted molar refractivity (Wildman–Crippen MR) is 81.0 cm³/mol. The Kier molecular flexibility index (Phi) is 4.13. The summed E-state index contributed by atoms with van der Waals surface area (Å²) in [6.07, 6.45) is 3.47. The fraction of sp³-hybridized carbons (Fsp3) is 0.529. The Morgan fingerprint density at radius 3 is 2.55 bits per heavy atom. The molecular formula is C17H22N2O. The van der Waals surface area contributed by atoms with Crippen molar-refractivity contribution in [1.29, 1.82) is 5.26 Å². The minimum absolute atomic E-state index is 0.0633. The molecule has 1 fully saturated rings. The first kappa shape index (κ1) is 14.6. The standard InChI is InChI=1S/C17H22N2O/c1-4-17(3)7-9-19(10-8-17)16-11-14(12-18)5-6-15(16)13(2)20/h5-6,11H,4,7-10H2,1-3H3. The Hall–Kier alpha value is -1.82. The summed E-state index contributed by atoms with van der Waals surface area (Å²) in [7, 11) is 0. The van der Waals surface area contributed by atoms with Gasteiger partial charge in [-0.2, -0.15) is 5.26 Å². The van der Waals surface area contributed by atoms with Gasteiger partial charge in [-0.25, -0.2) is 0 Å². The topological polar surface area (TPSA) is 44.1 Å². The molecule has 106 valence electrons. The normalized spacial score (nSPS) is 17.6. The van der Waals surface area contributed by atoms with Crippen molar-refractivity contribution in [2.45, 2.75) is 40.0 Å². The Bertz CT molecular complexity index is 549. The van der Waals surface area contributed by atoms with Crippen molar-refractivity contribution in [1.82, 2.24) is 0 Å². The van der Waals surface area contributed by atoms with Crippen LogP contribution in [0.15, 0.2) is 18.2 Å². The van der Waals surface area contributed by atoms with Crippen LogP contribution in [0, 0.1) is 16.7 Å². The highest BCUT2D eigenvalue weighted by Crippen LogP contribution is 2.36. The van der Waals surface area contributed by atoms with Crippen LogP contribution in [0.1, 0.15) is 56.0 Å². The smallest absolute Gasteiger partial charge is 0.161 e. The Morgan fingerprint density at radius 2 is 2.05 bits per heavy atom. The first-order valence-corrected chi connectivity index (χ1v) is 7.29. The molecule has 0 unspecified atom stereocenters. The van der Waals surface area contributed by atoms with Crippen molar-refractivity contribution >= 4 is 11.5 Å². The van der Waals surface area contributed by atoms with Gasteiger partial charge >= 0.3 is 0 Å². The number of carbonyl (C=O) groups excluding carboxylic acids is 1. The molecule has 0 atom stereocenters. The number of nitrogens with zero attached hydrogens (tertiary/aromatic N) is 2. The summed E-state index contributed by atoms with van der Waals surface area (Å²) in [5.41, 5.74) is 2.69. The fourth-order valence-electron chi connectivity index (χ4n) is 2.80. The lowest BCUT2D eigenvalue weighted by molar-refractivity contribution is 0.101. The minimum atomic E-state index is 0.0633. The van der Waals surface area contributed by atoms with E-state index in [0.717, 1.165) is 37.2 Å². The number of nitriles is 1. The molecule has 0 aromatic heterocycles. The molecule has 0 N–H and O–H groups in total. The van der Waals surface area contributed by atoms with Gasteiger partial charge in [-0.1, -0.05) is 20.3 Å². The van der Waals surface area contributed by atoms with Crippen LogP contribution in [-0.4, -0.2) is 18.9 Å². The number of hydrogen-bond donors (Lipinski definition) is 0. The van der Waals surface area contributed by atoms with E-state index in [1.165, 1.54) is 6.42 Å². The maximum Gasteiger partial charge on any atom is 0.161 e. The van der Waals surface area contributed by atoms with Crippen molar-refractivity contribution < 1.29 is 4.79 Å². The van der Waals surface area contributed by atoms with E-state index in [4.69, 9.17) is 5.26 Å². The van der Waals surface area contributed by atoms with Gasteiger partial charge in [-0.15, -0.1) is 0 Å². The molecule has 0 amide bonds. The maximum atomic E-state index is 11.8. The molecule has 0 aliphatic carbocycles. The summed E-state index contributed by atoms with van der Waals surface area (Å²) in [5.74, 6) is 0.0633. The average molecular weight is 270 g/mol. The molecule has 1 aromatic rings. The van der Waals surface area contributed by atoms with Gasteiger partial charge in [0.05, 0.1) is 11.6 Å². The Morgan fingerprint density at radius 1 is 1.40 bits per heavy atom. The highest BCUT2D eigenvalue weighted by molar-refractivity contribution is 6.00. The van der Waals surface area contributed by atoms with Crippen LogP contribution < -0.4 is 4.90 Å². The number of rotatable bonds is 3. The molecule has 0 spiro atoms. The monoisotopic (exact) mass is 270 g/mol. The second kappa shape index (κ2) is 5.66. The van der Waals surface area contributed by atoms with E-state index in [-0.39, 0.29) is 5.78 Å². The van der Waals surface area contributed by atoms with E-state index in [2.05, 4.69) is 24.8 Å². The van der Waals surface area contributed by atoms with Crippen LogP contribution in [0.3, 0.4) is 0 Å². The highest BCUT2D eigenvalue weighted by Gasteiger charge is 2.29. The van der Waals surface area contributed by atoms with Gasteiger partial charge in [-0.3, -0.25) is 4.79 Å². The molecule has 0 saturated carbocycles. The summed E-state index contributed by atoms with van der Waals surface area (Å²) >= 11 is 0. The average Bonchev–Trinajstić information content (AvgIpc) is 2.47. The first-order valence-electron chi connectivity index (χ1n) is 7.29. The summed E-state index contributed by atoms with van der Waals surface area (Å²) in [5, 5.41) is 9.06. The number of anilines is 1. The number of hydrogen-bond acceptors (Lipinski definition) is 3. The van der Waals surface area contributed by atoms with Gasteiger partial charge in [0.2, 0.25) is 0 Å². The van der Waals surface area contributed by atoms with Crippen LogP contribution >= 0.6 is 0 Å². The van der Waals surface area contributed by atoms with Gasteiger partial charge in [-0.05, 0) is 43.4 Å². The van der Waals surface area contributed by atoms with Crippen LogP contribution in [0.25, 0.3) is 0 Å². The zero-order valence-corrected chi connectivity index (χ0v) is 12.6. The fourth-order valence-corrected chi connectivity index (χ4v) is 2.80. The van der Waals surface area contributed by atoms with Gasteiger partial charge in [0.1, 0.15) is 0 Å². The van der Waals surface area contributed by atoms with Gasteiger partial charge in [0, 0.05) is 24.3 Å². The van der Waals surface area contributed by atoms with Crippen molar-refractivity contribution in [3.63, 3.8) is 0 Å². The molecular weight excluding hydrogens is 248 g/mol. The number of ketones is 1. The number of benzene rings is 1. The molecule has 0 bridgehead atoms. The molecule has 20 heavy (non-hydrogen) atoms. The van der Waals surface area contributed by atoms with Crippen LogP contribution in [0.2, 0.25) is 0 Å². The Balaban J connectivity index is 2.29. The number of carbonyl (C=O) groups is 1. The van der Waals surface area contributed by atoms with E-state index < -0.39 is 0 Å². The molecule has 1 aliphatic rings. The Labute approximate surface area is 121 Å². The maximum absolute atomic E-state index is 11.8. The molecule has 3 nitrogen and oxygen atoms in total. The third-order valence-electron chi connectivity index (χ3n) is 4.67. The first-order chi connectivity index (χ1) is 9.49. The van der Waals surface area contributed by atoms with E-state index >= 15 is 0 Å². The molecule has 1 heterocycles. The summed E-state index contributed by atoms with van der Waals surface area (Å²) in [6, 6.07) is 7.52. The lowest BCUT2D eigenvalue weighted by atomic mass is 9.78. The quantitative estimate of drug-likeness (QED) is 0.785. The highest BCUT2D eigenvalue weighted by atomic mass is 16.1. The van der Waals surface area contributed by atoms with Crippen molar-refractivity contribution in [2.24, 2.45) is 5.41 Å². The predicted octanol–water partition coefficient (Wildman–Crippen LogP) is 3.78. The minimum Gasteiger partial charge on any atom is -0.371 e. The van der Waals surface area contributed by atoms with E-state index in [1.807, 2.05) is 6.07 Å². The molecule has 0 radical (unpaired) electrons. The third-order valence-corrected chi connectivity index (χ3v) is 4.67. The SMILES string of the molecule is CCC1(C)CCN(c2cc(C#N)ccc2C(C)=O)CC1. The molecule has 1 saturated heterocycles. The van der Waals surface area contributed by atoms with Crippen LogP contribution in [-0.2, 0) is 0 Å². The van der Waals surface area contributed by atoms with Gasteiger partial charge in [0.25, 0.3) is 0 Å². The van der Waals surface area contributed by atoms with Crippen molar-refractivity contribution in [3.05, 3.63) is 29.3 Å². The summed E-state index contributed by atoms with van der Waals surface area (Å²) in [4.78, 5) is 14.0. The van der Waals surface area contributed by atoms with Gasteiger partial charge in [0.15, 0.2) is 5.78 Å². The van der Waals surface area contributed by atoms with Crippen LogP contribution in [0.4, 0.5) is 5.69 Å². The third kappa shape index (κ3) is 2.85. The zero-order chi connectivity index (χ0) is 14.8. The summed E-state index contributed by atoms with van der Waals surface area (Å²) in [6.45, 7) is 8.08. The van der Waals surface area contributed by atoms with Gasteiger partial charge < -0.3 is 4.90 Å². The second-order valence-corrected chi connectivity index (χ2v) is 6.05. The largest absolute Gasteiger partial charge is 0.371 e. The molecule has 1 aliphatic heterocycles.